The zero-order valence-electron chi connectivity index (χ0n) is 11.9. The number of benzene rings is 1. The normalized spacial score (nSPS) is 26.8. The van der Waals surface area contributed by atoms with Crippen LogP contribution in [0.4, 0.5) is 0 Å². The van der Waals surface area contributed by atoms with E-state index >= 15 is 0 Å². The van der Waals surface area contributed by atoms with Crippen molar-refractivity contribution in [3.8, 4) is 0 Å². The highest BCUT2D eigenvalue weighted by atomic mass is 14.7. The molecule has 1 saturated carbocycles. The average molecular weight is 243 g/mol. The second kappa shape index (κ2) is 6.17. The molecule has 2 atom stereocenters. The van der Waals surface area contributed by atoms with E-state index in [1.54, 1.807) is 0 Å². The fourth-order valence-corrected chi connectivity index (χ4v) is 2.92. The highest BCUT2D eigenvalue weighted by Gasteiger charge is 2.26. The lowest BCUT2D eigenvalue weighted by atomic mass is 9.76. The van der Waals surface area contributed by atoms with Crippen molar-refractivity contribution in [1.82, 2.24) is 0 Å². The van der Waals surface area contributed by atoms with Gasteiger partial charge in [-0.05, 0) is 42.6 Å². The summed E-state index contributed by atoms with van der Waals surface area (Å²) in [5.41, 5.74) is 2.79. The number of nitrogens with zero attached hydrogens (tertiary/aromatic N) is 1. The predicted octanol–water partition coefficient (Wildman–Crippen LogP) is 4.72. The summed E-state index contributed by atoms with van der Waals surface area (Å²) in [7, 11) is 0. The van der Waals surface area contributed by atoms with E-state index in [4.69, 9.17) is 4.99 Å². The van der Waals surface area contributed by atoms with Crippen molar-refractivity contribution < 1.29 is 0 Å². The molecule has 1 nitrogen and oxygen atoms in total. The van der Waals surface area contributed by atoms with Gasteiger partial charge in [-0.1, -0.05) is 51.1 Å². The van der Waals surface area contributed by atoms with Gasteiger partial charge in [-0.2, -0.15) is 0 Å². The van der Waals surface area contributed by atoms with Crippen LogP contribution < -0.4 is 0 Å². The number of rotatable bonds is 3. The first-order chi connectivity index (χ1) is 8.66. The third-order valence-corrected chi connectivity index (χ3v) is 4.07. The summed E-state index contributed by atoms with van der Waals surface area (Å²) < 4.78 is 0. The Morgan fingerprint density at radius 2 is 1.89 bits per heavy atom. The van der Waals surface area contributed by atoms with E-state index in [-0.39, 0.29) is 0 Å². The number of hydrogen-bond donors (Lipinski definition) is 0. The molecule has 0 heterocycles. The van der Waals surface area contributed by atoms with Gasteiger partial charge < -0.3 is 0 Å². The molecule has 0 bridgehead atoms. The van der Waals surface area contributed by atoms with Crippen molar-refractivity contribution in [3.05, 3.63) is 35.9 Å². The predicted molar refractivity (Wildman–Crippen MR) is 78.9 cm³/mol. The largest absolute Gasteiger partial charge is 0.289 e. The highest BCUT2D eigenvalue weighted by Crippen LogP contribution is 2.31. The molecule has 0 saturated heterocycles. The van der Waals surface area contributed by atoms with Crippen LogP contribution in [0.5, 0.6) is 0 Å². The molecule has 98 valence electrons. The lowest BCUT2D eigenvalue weighted by Gasteiger charge is -2.31. The lowest BCUT2D eigenvalue weighted by molar-refractivity contribution is 0.364. The summed E-state index contributed by atoms with van der Waals surface area (Å²) in [5.74, 6) is 2.26. The van der Waals surface area contributed by atoms with Crippen LogP contribution in [0.3, 0.4) is 0 Å². The quantitative estimate of drug-likeness (QED) is 0.728. The van der Waals surface area contributed by atoms with Crippen LogP contribution in [0.2, 0.25) is 0 Å². The number of aliphatic imine (C=N–C) groups is 1. The smallest absolute Gasteiger partial charge is 0.0639 e. The van der Waals surface area contributed by atoms with Gasteiger partial charge in [-0.3, -0.25) is 4.99 Å². The van der Waals surface area contributed by atoms with Gasteiger partial charge in [0.1, 0.15) is 0 Å². The van der Waals surface area contributed by atoms with E-state index in [0.29, 0.717) is 5.92 Å². The molecule has 1 aromatic rings. The molecule has 1 aliphatic carbocycles. The Balaban J connectivity index is 2.07. The summed E-state index contributed by atoms with van der Waals surface area (Å²) >= 11 is 0. The van der Waals surface area contributed by atoms with E-state index in [9.17, 15) is 0 Å². The van der Waals surface area contributed by atoms with Crippen molar-refractivity contribution in [3.63, 3.8) is 0 Å². The molecular formula is C17H25N. The molecule has 0 aromatic heterocycles. The van der Waals surface area contributed by atoms with Crippen molar-refractivity contribution in [1.29, 1.82) is 0 Å². The van der Waals surface area contributed by atoms with Crippen molar-refractivity contribution in [2.45, 2.75) is 46.6 Å². The van der Waals surface area contributed by atoms with Gasteiger partial charge >= 0.3 is 0 Å². The van der Waals surface area contributed by atoms with Crippen LogP contribution in [0, 0.1) is 17.8 Å². The molecular weight excluding hydrogens is 218 g/mol. The Morgan fingerprint density at radius 3 is 2.56 bits per heavy atom. The minimum absolute atomic E-state index is 0.713. The average Bonchev–Trinajstić information content (AvgIpc) is 2.37. The fourth-order valence-electron chi connectivity index (χ4n) is 2.92. The highest BCUT2D eigenvalue weighted by molar-refractivity contribution is 5.87. The van der Waals surface area contributed by atoms with Crippen LogP contribution in [0.25, 0.3) is 0 Å². The minimum Gasteiger partial charge on any atom is -0.289 e. The van der Waals surface area contributed by atoms with E-state index in [1.807, 2.05) is 0 Å². The molecule has 0 N–H and O–H groups in total. The standard InChI is InChI=1S/C17H25N/c1-13(2)16-10-9-14(3)11-17(16)18-12-15-7-5-4-6-8-15/h4-8,13-14,16H,9-12H2,1-3H3/t14-,16+/m1/s1. The third kappa shape index (κ3) is 3.44. The van der Waals surface area contributed by atoms with Crippen LogP contribution in [0.15, 0.2) is 35.3 Å². The summed E-state index contributed by atoms with van der Waals surface area (Å²) in [6.07, 6.45) is 3.90. The second-order valence-electron chi connectivity index (χ2n) is 6.03. The van der Waals surface area contributed by atoms with Gasteiger partial charge in [0.25, 0.3) is 0 Å². The molecule has 0 amide bonds. The Bertz CT molecular complexity index is 391. The van der Waals surface area contributed by atoms with E-state index < -0.39 is 0 Å². The molecule has 1 aliphatic rings. The van der Waals surface area contributed by atoms with Crippen molar-refractivity contribution in [2.24, 2.45) is 22.7 Å². The van der Waals surface area contributed by atoms with Crippen molar-refractivity contribution >= 4 is 5.71 Å². The number of hydrogen-bond acceptors (Lipinski definition) is 1. The Hall–Kier alpha value is -1.11. The van der Waals surface area contributed by atoms with Crippen molar-refractivity contribution in [2.75, 3.05) is 0 Å². The lowest BCUT2D eigenvalue weighted by Crippen LogP contribution is -2.28. The fraction of sp³-hybridized carbons (Fsp3) is 0.588. The van der Waals surface area contributed by atoms with Gasteiger partial charge in [0.05, 0.1) is 6.54 Å². The van der Waals surface area contributed by atoms with Crippen LogP contribution in [-0.4, -0.2) is 5.71 Å². The Morgan fingerprint density at radius 1 is 1.17 bits per heavy atom. The van der Waals surface area contributed by atoms with Gasteiger partial charge in [-0.25, -0.2) is 0 Å². The molecule has 1 aromatic carbocycles. The molecule has 1 fully saturated rings. The second-order valence-corrected chi connectivity index (χ2v) is 6.03. The zero-order chi connectivity index (χ0) is 13.0. The summed E-state index contributed by atoms with van der Waals surface area (Å²) in [6.45, 7) is 7.87. The SMILES string of the molecule is CC(C)[C@@H]1CC[C@@H](C)CC1=NCc1ccccc1. The molecule has 0 spiro atoms. The summed E-state index contributed by atoms with van der Waals surface area (Å²) in [4.78, 5) is 4.92. The summed E-state index contributed by atoms with van der Waals surface area (Å²) in [5, 5.41) is 0. The Kier molecular flexibility index (Phi) is 4.57. The maximum Gasteiger partial charge on any atom is 0.0639 e. The minimum atomic E-state index is 0.713. The van der Waals surface area contributed by atoms with Gasteiger partial charge in [0.2, 0.25) is 0 Å². The summed E-state index contributed by atoms with van der Waals surface area (Å²) in [6, 6.07) is 10.6. The Labute approximate surface area is 111 Å². The monoisotopic (exact) mass is 243 g/mol. The maximum absolute atomic E-state index is 4.92. The zero-order valence-corrected chi connectivity index (χ0v) is 11.9. The molecule has 0 unspecified atom stereocenters. The van der Waals surface area contributed by atoms with E-state index in [2.05, 4.69) is 51.1 Å². The molecule has 2 rings (SSSR count). The first-order valence-electron chi connectivity index (χ1n) is 7.24. The van der Waals surface area contributed by atoms with E-state index in [0.717, 1.165) is 18.4 Å². The van der Waals surface area contributed by atoms with Gasteiger partial charge in [0.15, 0.2) is 0 Å². The van der Waals surface area contributed by atoms with Crippen LogP contribution >= 0.6 is 0 Å². The molecule has 0 aliphatic heterocycles. The molecule has 0 radical (unpaired) electrons. The topological polar surface area (TPSA) is 12.4 Å². The first-order valence-corrected chi connectivity index (χ1v) is 7.24. The van der Waals surface area contributed by atoms with Crippen LogP contribution in [0.1, 0.15) is 45.6 Å². The van der Waals surface area contributed by atoms with Crippen LogP contribution in [-0.2, 0) is 6.54 Å². The first kappa shape index (κ1) is 13.3. The molecule has 1 heteroatoms. The van der Waals surface area contributed by atoms with E-state index in [1.165, 1.54) is 30.5 Å². The van der Waals surface area contributed by atoms with Gasteiger partial charge in [0, 0.05) is 5.71 Å². The third-order valence-electron chi connectivity index (χ3n) is 4.07. The van der Waals surface area contributed by atoms with Gasteiger partial charge in [-0.15, -0.1) is 0 Å². The molecule has 18 heavy (non-hydrogen) atoms. The maximum atomic E-state index is 4.92.